The van der Waals surface area contributed by atoms with Gasteiger partial charge in [-0.05, 0) is 36.3 Å². The number of hydrogen-bond acceptors (Lipinski definition) is 4. The molecule has 1 aromatic heterocycles. The molecule has 1 aromatic carbocycles. The molecule has 1 saturated carbocycles. The molecule has 1 unspecified atom stereocenters. The maximum absolute atomic E-state index is 12.4. The number of aromatic amines is 1. The summed E-state index contributed by atoms with van der Waals surface area (Å²) < 4.78 is 0. The Balaban J connectivity index is 1.27. The first-order valence-corrected chi connectivity index (χ1v) is 10.7. The lowest BCUT2D eigenvalue weighted by Gasteiger charge is -2.26. The topological polar surface area (TPSA) is 70.7 Å². The number of fused-ring (bicyclic) bond motifs is 1. The van der Waals surface area contributed by atoms with Gasteiger partial charge in [-0.1, -0.05) is 61.7 Å². The second-order valence-corrected chi connectivity index (χ2v) is 8.36. The van der Waals surface area contributed by atoms with Crippen LogP contribution in [-0.4, -0.2) is 26.8 Å². The van der Waals surface area contributed by atoms with Crippen molar-refractivity contribution in [3.05, 3.63) is 41.2 Å². The molecule has 5 nitrogen and oxygen atoms in total. The van der Waals surface area contributed by atoms with E-state index in [2.05, 4.69) is 44.8 Å². The molecule has 2 N–H and O–H groups in total. The summed E-state index contributed by atoms with van der Waals surface area (Å²) in [6.07, 6.45) is 9.51. The molecule has 4 rings (SSSR count). The third-order valence-corrected chi connectivity index (χ3v) is 6.35. The molecule has 1 atom stereocenters. The monoisotopic (exact) mass is 370 g/mol. The lowest BCUT2D eigenvalue weighted by Crippen LogP contribution is -2.32. The van der Waals surface area contributed by atoms with E-state index in [0.29, 0.717) is 10.9 Å². The van der Waals surface area contributed by atoms with Gasteiger partial charge in [-0.3, -0.25) is 9.89 Å². The molecule has 0 radical (unpaired) electrons. The molecule has 2 aliphatic rings. The Morgan fingerprint density at radius 3 is 2.92 bits per heavy atom. The molecular weight excluding hydrogens is 344 g/mol. The van der Waals surface area contributed by atoms with E-state index in [1.807, 2.05) is 0 Å². The minimum absolute atomic E-state index is 0.0545. The summed E-state index contributed by atoms with van der Waals surface area (Å²) in [4.78, 5) is 16.9. The van der Waals surface area contributed by atoms with Gasteiger partial charge in [0.25, 0.3) is 0 Å². The molecule has 0 aliphatic heterocycles. The van der Waals surface area contributed by atoms with Crippen LogP contribution in [0.15, 0.2) is 29.4 Å². The molecule has 6 heteroatoms. The van der Waals surface area contributed by atoms with Crippen molar-refractivity contribution in [1.82, 2.24) is 20.5 Å². The van der Waals surface area contributed by atoms with E-state index in [-0.39, 0.29) is 11.9 Å². The molecule has 1 fully saturated rings. The van der Waals surface area contributed by atoms with Gasteiger partial charge in [-0.2, -0.15) is 0 Å². The Morgan fingerprint density at radius 1 is 1.19 bits per heavy atom. The van der Waals surface area contributed by atoms with Crippen molar-refractivity contribution in [2.24, 2.45) is 5.92 Å². The molecule has 0 spiro atoms. The first-order chi connectivity index (χ1) is 12.8. The third-order valence-electron chi connectivity index (χ3n) is 5.50. The van der Waals surface area contributed by atoms with Crippen molar-refractivity contribution in [3.8, 4) is 0 Å². The molecule has 0 saturated heterocycles. The van der Waals surface area contributed by atoms with Gasteiger partial charge < -0.3 is 5.32 Å². The van der Waals surface area contributed by atoms with Crippen molar-refractivity contribution in [2.45, 2.75) is 62.6 Å². The van der Waals surface area contributed by atoms with E-state index in [1.165, 1.54) is 48.6 Å². The highest BCUT2D eigenvalue weighted by atomic mass is 32.2. The Labute approximate surface area is 158 Å². The van der Waals surface area contributed by atoms with Crippen molar-refractivity contribution in [3.63, 3.8) is 0 Å². The first kappa shape index (κ1) is 17.6. The third kappa shape index (κ3) is 4.29. The van der Waals surface area contributed by atoms with Crippen LogP contribution in [0.4, 0.5) is 0 Å². The molecule has 1 amide bonds. The number of thioether (sulfide) groups is 1. The second kappa shape index (κ2) is 8.25. The van der Waals surface area contributed by atoms with Crippen molar-refractivity contribution in [1.29, 1.82) is 0 Å². The number of H-pyrrole nitrogens is 1. The summed E-state index contributed by atoms with van der Waals surface area (Å²) in [6.45, 7) is 0. The van der Waals surface area contributed by atoms with Crippen LogP contribution < -0.4 is 5.32 Å². The Kier molecular flexibility index (Phi) is 5.58. The number of benzene rings is 1. The Hall–Kier alpha value is -1.82. The second-order valence-electron chi connectivity index (χ2n) is 7.42. The predicted molar refractivity (Wildman–Crippen MR) is 103 cm³/mol. The molecule has 2 aliphatic carbocycles. The highest BCUT2D eigenvalue weighted by Gasteiger charge is 2.22. The van der Waals surface area contributed by atoms with Crippen LogP contribution in [0.2, 0.25) is 0 Å². The van der Waals surface area contributed by atoms with Crippen molar-refractivity contribution >= 4 is 17.7 Å². The fourth-order valence-corrected chi connectivity index (χ4v) is 4.82. The SMILES string of the molecule is O=C(CSc1n[nH]c(CC2CCCC2)n1)NC1CCCc2ccccc21. The number of aryl methyl sites for hydroxylation is 1. The van der Waals surface area contributed by atoms with E-state index in [4.69, 9.17) is 0 Å². The summed E-state index contributed by atoms with van der Waals surface area (Å²) >= 11 is 1.41. The summed E-state index contributed by atoms with van der Waals surface area (Å²) in [5.74, 6) is 2.12. The fourth-order valence-electron chi connectivity index (χ4n) is 4.19. The van der Waals surface area contributed by atoms with Gasteiger partial charge in [0, 0.05) is 6.42 Å². The minimum Gasteiger partial charge on any atom is -0.349 e. The van der Waals surface area contributed by atoms with E-state index in [9.17, 15) is 4.79 Å². The minimum atomic E-state index is 0.0545. The molecule has 0 bridgehead atoms. The number of hydrogen-bond donors (Lipinski definition) is 2. The molecule has 138 valence electrons. The van der Waals surface area contributed by atoms with Gasteiger partial charge in [-0.15, -0.1) is 5.10 Å². The van der Waals surface area contributed by atoms with Gasteiger partial charge in [0.05, 0.1) is 11.8 Å². The quantitative estimate of drug-likeness (QED) is 0.758. The summed E-state index contributed by atoms with van der Waals surface area (Å²) in [5, 5.41) is 11.2. The van der Waals surface area contributed by atoms with Crippen LogP contribution in [-0.2, 0) is 17.6 Å². The summed E-state index contributed by atoms with van der Waals surface area (Å²) in [7, 11) is 0. The van der Waals surface area contributed by atoms with Gasteiger partial charge in [0.2, 0.25) is 11.1 Å². The van der Waals surface area contributed by atoms with Crippen molar-refractivity contribution in [2.75, 3.05) is 5.75 Å². The van der Waals surface area contributed by atoms with E-state index >= 15 is 0 Å². The number of nitrogens with one attached hydrogen (secondary N) is 2. The Bertz CT molecular complexity index is 754. The smallest absolute Gasteiger partial charge is 0.230 e. The average molecular weight is 371 g/mol. The summed E-state index contributed by atoms with van der Waals surface area (Å²) in [6, 6.07) is 8.57. The maximum atomic E-state index is 12.4. The first-order valence-electron chi connectivity index (χ1n) is 9.69. The van der Waals surface area contributed by atoms with Gasteiger partial charge in [-0.25, -0.2) is 4.98 Å². The van der Waals surface area contributed by atoms with Gasteiger partial charge in [0.1, 0.15) is 5.82 Å². The lowest BCUT2D eigenvalue weighted by atomic mass is 9.88. The molecule has 2 aromatic rings. The zero-order chi connectivity index (χ0) is 17.8. The largest absolute Gasteiger partial charge is 0.349 e. The van der Waals surface area contributed by atoms with Crippen LogP contribution in [0.25, 0.3) is 0 Å². The van der Waals surface area contributed by atoms with E-state index in [0.717, 1.165) is 37.4 Å². The predicted octanol–water partition coefficient (Wildman–Crippen LogP) is 3.82. The lowest BCUT2D eigenvalue weighted by molar-refractivity contribution is -0.119. The number of carbonyl (C=O) groups excluding carboxylic acids is 1. The number of amides is 1. The molecule has 26 heavy (non-hydrogen) atoms. The standard InChI is InChI=1S/C20H26N4OS/c25-19(21-17-11-5-9-15-8-3-4-10-16(15)17)13-26-20-22-18(23-24-20)12-14-6-1-2-7-14/h3-4,8,10,14,17H,1-2,5-7,9,11-13H2,(H,21,25)(H,22,23,24). The molecule has 1 heterocycles. The number of carbonyl (C=O) groups is 1. The van der Waals surface area contributed by atoms with Crippen LogP contribution in [0.5, 0.6) is 0 Å². The van der Waals surface area contributed by atoms with Crippen LogP contribution in [0, 0.1) is 5.92 Å². The van der Waals surface area contributed by atoms with Gasteiger partial charge in [0.15, 0.2) is 0 Å². The number of nitrogens with zero attached hydrogens (tertiary/aromatic N) is 2. The normalized spacial score (nSPS) is 20.1. The maximum Gasteiger partial charge on any atom is 0.230 e. The van der Waals surface area contributed by atoms with Crippen LogP contribution in [0.3, 0.4) is 0 Å². The number of rotatable bonds is 6. The number of aromatic nitrogens is 3. The van der Waals surface area contributed by atoms with Crippen LogP contribution in [0.1, 0.15) is 61.5 Å². The highest BCUT2D eigenvalue weighted by Crippen LogP contribution is 2.30. The zero-order valence-corrected chi connectivity index (χ0v) is 15.9. The zero-order valence-electron chi connectivity index (χ0n) is 15.0. The highest BCUT2D eigenvalue weighted by molar-refractivity contribution is 7.99. The average Bonchev–Trinajstić information content (AvgIpc) is 3.33. The van der Waals surface area contributed by atoms with E-state index < -0.39 is 0 Å². The van der Waals surface area contributed by atoms with Gasteiger partial charge >= 0.3 is 0 Å². The van der Waals surface area contributed by atoms with E-state index in [1.54, 1.807) is 0 Å². The Morgan fingerprint density at radius 2 is 2.04 bits per heavy atom. The molecular formula is C20H26N4OS. The van der Waals surface area contributed by atoms with Crippen LogP contribution >= 0.6 is 11.8 Å². The summed E-state index contributed by atoms with van der Waals surface area (Å²) in [5.41, 5.74) is 2.64. The van der Waals surface area contributed by atoms with Crippen molar-refractivity contribution < 1.29 is 4.79 Å². The fraction of sp³-hybridized carbons (Fsp3) is 0.550.